The van der Waals surface area contributed by atoms with Crippen molar-refractivity contribution in [1.29, 1.82) is 0 Å². The number of hydrogen-bond donors (Lipinski definition) is 1. The molecule has 0 fully saturated rings. The molecule has 0 aliphatic carbocycles. The molecule has 8 aromatic rings. The van der Waals surface area contributed by atoms with Gasteiger partial charge in [0.2, 0.25) is 0 Å². The Morgan fingerprint density at radius 3 is 2.07 bits per heavy atom. The number of para-hydroxylation sites is 2. The van der Waals surface area contributed by atoms with E-state index in [0.29, 0.717) is 5.69 Å². The van der Waals surface area contributed by atoms with E-state index in [-0.39, 0.29) is 5.75 Å². The molecular weight excluding hydrogens is 571 g/mol. The first-order valence-electron chi connectivity index (χ1n) is 14.8. The van der Waals surface area contributed by atoms with Gasteiger partial charge in [-0.15, -0.1) is 0 Å². The van der Waals surface area contributed by atoms with E-state index < -0.39 is 0 Å². The molecule has 3 heterocycles. The fourth-order valence-electron chi connectivity index (χ4n) is 5.93. The predicted molar refractivity (Wildman–Crippen MR) is 185 cm³/mol. The third kappa shape index (κ3) is 5.03. The number of rotatable bonds is 6. The molecule has 0 aliphatic heterocycles. The van der Waals surface area contributed by atoms with Crippen LogP contribution in [0.4, 0.5) is 0 Å². The largest absolute Gasteiger partial charge is 0.506 e. The van der Waals surface area contributed by atoms with E-state index in [1.165, 1.54) is 0 Å². The molecule has 0 atom stereocenters. The van der Waals surface area contributed by atoms with Crippen LogP contribution in [0.5, 0.6) is 5.75 Å². The molecule has 0 bridgehead atoms. The summed E-state index contributed by atoms with van der Waals surface area (Å²) in [6, 6.07) is 51.5. The molecule has 1 N–H and O–H groups in total. The molecule has 0 spiro atoms. The van der Waals surface area contributed by atoms with E-state index in [2.05, 4.69) is 107 Å². The third-order valence-corrected chi connectivity index (χ3v) is 8.96. The molecule has 0 unspecified atom stereocenters. The summed E-state index contributed by atoms with van der Waals surface area (Å²) in [6.45, 7) is 0. The Kier molecular flexibility index (Phi) is 6.86. The van der Waals surface area contributed by atoms with Gasteiger partial charge in [0.25, 0.3) is 0 Å². The highest BCUT2D eigenvalue weighted by Gasteiger charge is 2.21. The number of nitrogens with zero attached hydrogens (tertiary/aromatic N) is 3. The third-order valence-electron chi connectivity index (χ3n) is 8.02. The van der Waals surface area contributed by atoms with Crippen molar-refractivity contribution in [3.8, 4) is 44.9 Å². The zero-order chi connectivity index (χ0) is 30.2. The molecule has 0 radical (unpaired) electrons. The van der Waals surface area contributed by atoms with Gasteiger partial charge in [0.15, 0.2) is 0 Å². The Morgan fingerprint density at radius 2 is 1.29 bits per heavy atom. The summed E-state index contributed by atoms with van der Waals surface area (Å²) in [4.78, 5) is 11.0. The van der Waals surface area contributed by atoms with Crippen LogP contribution in [0.15, 0.2) is 168 Å². The Bertz CT molecular complexity index is 2300. The molecule has 3 aromatic heterocycles. The van der Waals surface area contributed by atoms with E-state index in [1.807, 2.05) is 54.7 Å². The van der Waals surface area contributed by atoms with Crippen LogP contribution in [0.3, 0.4) is 0 Å². The molecule has 8 rings (SSSR count). The molecule has 5 heteroatoms. The van der Waals surface area contributed by atoms with E-state index in [1.54, 1.807) is 17.8 Å². The minimum Gasteiger partial charge on any atom is -0.506 e. The molecule has 5 aromatic carbocycles. The van der Waals surface area contributed by atoms with E-state index in [9.17, 15) is 5.11 Å². The first-order chi connectivity index (χ1) is 22.2. The maximum atomic E-state index is 11.1. The Balaban J connectivity index is 1.42. The van der Waals surface area contributed by atoms with Crippen molar-refractivity contribution < 1.29 is 5.11 Å². The summed E-state index contributed by atoms with van der Waals surface area (Å²) < 4.78 is 2.08. The smallest absolute Gasteiger partial charge is 0.146 e. The first-order valence-corrected chi connectivity index (χ1v) is 15.6. The van der Waals surface area contributed by atoms with Gasteiger partial charge in [0.1, 0.15) is 16.4 Å². The zero-order valence-corrected chi connectivity index (χ0v) is 25.0. The standard InChI is InChI=1S/C40H27N3OS/c44-37-19-8-7-18-36(37)43-35-22-21-29(27-12-3-1-4-13-27)25-33(35)34-26-32(28-14-5-2-6-15-28)39(42-40(34)43)30-16-11-17-31(24-30)45-38-20-9-10-23-41-38/h1-26,44H. The number of pyridine rings is 2. The molecule has 0 aliphatic rings. The maximum Gasteiger partial charge on any atom is 0.146 e. The number of aromatic nitrogens is 3. The molecule has 4 nitrogen and oxygen atoms in total. The van der Waals surface area contributed by atoms with Gasteiger partial charge in [-0.25, -0.2) is 9.97 Å². The van der Waals surface area contributed by atoms with Crippen LogP contribution in [0.2, 0.25) is 0 Å². The van der Waals surface area contributed by atoms with Crippen LogP contribution in [0.25, 0.3) is 61.1 Å². The first kappa shape index (κ1) is 26.9. The van der Waals surface area contributed by atoms with Gasteiger partial charge in [-0.05, 0) is 71.3 Å². The number of aromatic hydroxyl groups is 1. The summed E-state index contributed by atoms with van der Waals surface area (Å²) >= 11 is 1.63. The van der Waals surface area contributed by atoms with Gasteiger partial charge < -0.3 is 5.11 Å². The van der Waals surface area contributed by atoms with Gasteiger partial charge in [-0.3, -0.25) is 4.57 Å². The van der Waals surface area contributed by atoms with Gasteiger partial charge in [-0.2, -0.15) is 0 Å². The van der Waals surface area contributed by atoms with Crippen molar-refractivity contribution in [2.24, 2.45) is 0 Å². The summed E-state index contributed by atoms with van der Waals surface area (Å²) in [5, 5.41) is 14.1. The quantitative estimate of drug-likeness (QED) is 0.207. The minimum atomic E-state index is 0.202. The molecule has 214 valence electrons. The number of phenolic OH excluding ortho intramolecular Hbond substituents is 1. The molecule has 0 saturated heterocycles. The molecule has 0 amide bonds. The number of hydrogen-bond acceptors (Lipinski definition) is 4. The number of benzene rings is 5. The molecule has 45 heavy (non-hydrogen) atoms. The van der Waals surface area contributed by atoms with E-state index in [4.69, 9.17) is 4.98 Å². The second-order valence-electron chi connectivity index (χ2n) is 10.8. The average molecular weight is 598 g/mol. The van der Waals surface area contributed by atoms with Crippen molar-refractivity contribution in [1.82, 2.24) is 14.5 Å². The van der Waals surface area contributed by atoms with Crippen molar-refractivity contribution >= 4 is 33.7 Å². The highest BCUT2D eigenvalue weighted by atomic mass is 32.2. The summed E-state index contributed by atoms with van der Waals surface area (Å²) in [5.74, 6) is 0.202. The molecular formula is C40H27N3OS. The lowest BCUT2D eigenvalue weighted by Crippen LogP contribution is -1.98. The summed E-state index contributed by atoms with van der Waals surface area (Å²) in [6.07, 6.45) is 1.82. The van der Waals surface area contributed by atoms with Crippen LogP contribution < -0.4 is 0 Å². The fourth-order valence-corrected chi connectivity index (χ4v) is 6.77. The second-order valence-corrected chi connectivity index (χ2v) is 11.9. The van der Waals surface area contributed by atoms with Crippen LogP contribution in [0.1, 0.15) is 0 Å². The van der Waals surface area contributed by atoms with Crippen molar-refractivity contribution in [3.05, 3.63) is 158 Å². The SMILES string of the molecule is Oc1ccccc1-n1c2ccc(-c3ccccc3)cc2c2cc(-c3ccccc3)c(-c3cccc(Sc4ccccn4)c3)nc21. The predicted octanol–water partition coefficient (Wildman–Crippen LogP) is 10.4. The Hall–Kier alpha value is -5.65. The monoisotopic (exact) mass is 597 g/mol. The average Bonchev–Trinajstić information content (AvgIpc) is 3.42. The summed E-state index contributed by atoms with van der Waals surface area (Å²) in [7, 11) is 0. The van der Waals surface area contributed by atoms with Crippen LogP contribution in [0, 0.1) is 0 Å². The normalized spacial score (nSPS) is 11.3. The van der Waals surface area contributed by atoms with Crippen molar-refractivity contribution in [3.63, 3.8) is 0 Å². The highest BCUT2D eigenvalue weighted by molar-refractivity contribution is 7.99. The minimum absolute atomic E-state index is 0.202. The van der Waals surface area contributed by atoms with Gasteiger partial charge in [0, 0.05) is 33.0 Å². The lowest BCUT2D eigenvalue weighted by molar-refractivity contribution is 0.473. The zero-order valence-electron chi connectivity index (χ0n) is 24.2. The van der Waals surface area contributed by atoms with E-state index in [0.717, 1.165) is 65.4 Å². The molecule has 0 saturated carbocycles. The van der Waals surface area contributed by atoms with Crippen LogP contribution in [-0.4, -0.2) is 19.6 Å². The van der Waals surface area contributed by atoms with Gasteiger partial charge in [-0.1, -0.05) is 109 Å². The number of phenols is 1. The fraction of sp³-hybridized carbons (Fsp3) is 0. The number of fused-ring (bicyclic) bond motifs is 3. The Morgan fingerprint density at radius 1 is 0.556 bits per heavy atom. The van der Waals surface area contributed by atoms with Crippen LogP contribution in [-0.2, 0) is 0 Å². The van der Waals surface area contributed by atoms with Crippen molar-refractivity contribution in [2.45, 2.75) is 9.92 Å². The Labute approximate surface area is 265 Å². The van der Waals surface area contributed by atoms with Crippen molar-refractivity contribution in [2.75, 3.05) is 0 Å². The van der Waals surface area contributed by atoms with Crippen LogP contribution >= 0.6 is 11.8 Å². The lowest BCUT2D eigenvalue weighted by Gasteiger charge is -2.13. The van der Waals surface area contributed by atoms with Gasteiger partial charge in [0.05, 0.1) is 16.9 Å². The maximum absolute atomic E-state index is 11.1. The van der Waals surface area contributed by atoms with E-state index >= 15 is 0 Å². The lowest BCUT2D eigenvalue weighted by atomic mass is 9.97. The summed E-state index contributed by atoms with van der Waals surface area (Å²) in [5.41, 5.74) is 8.76. The highest BCUT2D eigenvalue weighted by Crippen LogP contribution is 2.41. The second kappa shape index (κ2) is 11.5. The topological polar surface area (TPSA) is 50.9 Å². The van der Waals surface area contributed by atoms with Gasteiger partial charge >= 0.3 is 0 Å².